The highest BCUT2D eigenvalue weighted by Gasteiger charge is 2.18. The highest BCUT2D eigenvalue weighted by atomic mass is 35.5. The predicted octanol–water partition coefficient (Wildman–Crippen LogP) is 4.23. The lowest BCUT2D eigenvalue weighted by Gasteiger charge is -2.10. The molecule has 0 unspecified atom stereocenters. The van der Waals surface area contributed by atoms with Gasteiger partial charge in [-0.3, -0.25) is 9.59 Å². The number of nitrogens with one attached hydrogen (secondary N) is 2. The van der Waals surface area contributed by atoms with Gasteiger partial charge in [-0.05, 0) is 63.2 Å². The van der Waals surface area contributed by atoms with Crippen LogP contribution in [0.2, 0.25) is 5.02 Å². The van der Waals surface area contributed by atoms with Gasteiger partial charge in [0.2, 0.25) is 5.91 Å². The molecule has 0 saturated carbocycles. The first-order valence-electron chi connectivity index (χ1n) is 9.32. The Bertz CT molecular complexity index is 1080. The molecule has 2 amide bonds. The largest absolute Gasteiger partial charge is 0.491 e. The van der Waals surface area contributed by atoms with Crippen LogP contribution >= 0.6 is 11.6 Å². The van der Waals surface area contributed by atoms with Crippen molar-refractivity contribution in [2.24, 2.45) is 0 Å². The van der Waals surface area contributed by atoms with Crippen molar-refractivity contribution in [1.29, 1.82) is 0 Å². The third-order valence-corrected chi connectivity index (χ3v) is 4.41. The first kappa shape index (κ1) is 21.3. The smallest absolute Gasteiger partial charge is 0.278 e. The number of hydrogen-bond donors (Lipinski definition) is 2. The predicted molar refractivity (Wildman–Crippen MR) is 116 cm³/mol. The summed E-state index contributed by atoms with van der Waals surface area (Å²) < 4.78 is 7.22. The number of carbonyl (C=O) groups excluding carboxylic acids is 2. The van der Waals surface area contributed by atoms with Crippen molar-refractivity contribution in [3.05, 3.63) is 58.9 Å². The quantitative estimate of drug-likeness (QED) is 0.613. The number of hydrogen-bond acceptors (Lipinski definition) is 5. The maximum Gasteiger partial charge on any atom is 0.278 e. The van der Waals surface area contributed by atoms with E-state index in [1.54, 1.807) is 29.8 Å². The summed E-state index contributed by atoms with van der Waals surface area (Å²) in [5.74, 6) is 0.105. The fourth-order valence-electron chi connectivity index (χ4n) is 2.80. The van der Waals surface area contributed by atoms with Gasteiger partial charge in [0.25, 0.3) is 5.91 Å². The third-order valence-electron chi connectivity index (χ3n) is 4.10. The Morgan fingerprint density at radius 1 is 1.10 bits per heavy atom. The highest BCUT2D eigenvalue weighted by Crippen LogP contribution is 2.26. The highest BCUT2D eigenvalue weighted by molar-refractivity contribution is 6.34. The molecule has 0 bridgehead atoms. The molecular weight excluding hydrogens is 406 g/mol. The maximum absolute atomic E-state index is 12.7. The zero-order valence-electron chi connectivity index (χ0n) is 17.1. The Kier molecular flexibility index (Phi) is 6.37. The molecule has 0 aliphatic heterocycles. The lowest BCUT2D eigenvalue weighted by atomic mass is 10.2. The van der Waals surface area contributed by atoms with Gasteiger partial charge in [0, 0.05) is 12.6 Å². The van der Waals surface area contributed by atoms with Gasteiger partial charge in [0.15, 0.2) is 5.69 Å². The Morgan fingerprint density at radius 3 is 2.40 bits per heavy atom. The molecule has 1 aromatic heterocycles. The topological polar surface area (TPSA) is 98.1 Å². The number of benzene rings is 2. The fraction of sp³-hybridized carbons (Fsp3) is 0.238. The van der Waals surface area contributed by atoms with E-state index in [4.69, 9.17) is 16.3 Å². The number of carbonyl (C=O) groups is 2. The molecule has 3 aromatic rings. The average molecular weight is 428 g/mol. The van der Waals surface area contributed by atoms with Gasteiger partial charge < -0.3 is 15.4 Å². The van der Waals surface area contributed by atoms with Crippen molar-refractivity contribution in [3.8, 4) is 11.4 Å². The molecule has 156 valence electrons. The summed E-state index contributed by atoms with van der Waals surface area (Å²) in [5, 5.41) is 13.8. The summed E-state index contributed by atoms with van der Waals surface area (Å²) in [6.45, 7) is 7.08. The van der Waals surface area contributed by atoms with Crippen molar-refractivity contribution in [2.75, 3.05) is 10.6 Å². The van der Waals surface area contributed by atoms with E-state index in [-0.39, 0.29) is 17.7 Å². The molecule has 0 aliphatic rings. The first-order valence-corrected chi connectivity index (χ1v) is 9.70. The molecule has 8 nitrogen and oxygen atoms in total. The number of rotatable bonds is 6. The van der Waals surface area contributed by atoms with E-state index in [1.165, 1.54) is 6.92 Å². The minimum Gasteiger partial charge on any atom is -0.491 e. The van der Waals surface area contributed by atoms with E-state index in [0.717, 1.165) is 11.4 Å². The Morgan fingerprint density at radius 2 is 1.80 bits per heavy atom. The zero-order valence-corrected chi connectivity index (χ0v) is 17.8. The number of halogens is 1. The van der Waals surface area contributed by atoms with E-state index in [0.29, 0.717) is 22.1 Å². The second kappa shape index (κ2) is 8.96. The summed E-state index contributed by atoms with van der Waals surface area (Å²) in [6.07, 6.45) is 0.0818. The van der Waals surface area contributed by atoms with Gasteiger partial charge in [-0.15, -0.1) is 5.10 Å². The molecular formula is C21H22ClN5O3. The van der Waals surface area contributed by atoms with E-state index < -0.39 is 5.91 Å². The minimum absolute atomic E-state index is 0.0818. The van der Waals surface area contributed by atoms with Gasteiger partial charge in [0.05, 0.1) is 28.2 Å². The van der Waals surface area contributed by atoms with Crippen LogP contribution in [0.1, 0.15) is 37.0 Å². The second-order valence-electron chi connectivity index (χ2n) is 6.93. The second-order valence-corrected chi connectivity index (χ2v) is 7.33. The summed E-state index contributed by atoms with van der Waals surface area (Å²) in [5.41, 5.74) is 2.46. The van der Waals surface area contributed by atoms with Gasteiger partial charge in [-0.1, -0.05) is 16.8 Å². The molecule has 30 heavy (non-hydrogen) atoms. The van der Waals surface area contributed by atoms with Crippen LogP contribution in [0.15, 0.2) is 42.5 Å². The molecule has 0 atom stereocenters. The van der Waals surface area contributed by atoms with Crippen LogP contribution < -0.4 is 15.4 Å². The van der Waals surface area contributed by atoms with Crippen LogP contribution in [0.3, 0.4) is 0 Å². The Labute approximate surface area is 179 Å². The average Bonchev–Trinajstić information content (AvgIpc) is 3.05. The number of aromatic nitrogens is 3. The standard InChI is InChI=1S/C21H22ClN5O3/c1-12(2)30-17-8-6-16(7-9-17)27-13(3)20(25-26-27)21(29)24-19-10-5-15(11-18(19)22)23-14(4)28/h5-12H,1-4H3,(H,23,28)(H,24,29). The van der Waals surface area contributed by atoms with Crippen molar-refractivity contribution in [3.63, 3.8) is 0 Å². The van der Waals surface area contributed by atoms with E-state index >= 15 is 0 Å². The summed E-state index contributed by atoms with van der Waals surface area (Å²) >= 11 is 6.22. The molecule has 0 saturated heterocycles. The molecule has 0 radical (unpaired) electrons. The number of nitrogens with zero attached hydrogens (tertiary/aromatic N) is 3. The molecule has 0 spiro atoms. The maximum atomic E-state index is 12.7. The number of ether oxygens (including phenoxy) is 1. The van der Waals surface area contributed by atoms with Gasteiger partial charge in [-0.25, -0.2) is 4.68 Å². The fourth-order valence-corrected chi connectivity index (χ4v) is 3.03. The van der Waals surface area contributed by atoms with E-state index in [1.807, 2.05) is 38.1 Å². The summed E-state index contributed by atoms with van der Waals surface area (Å²) in [7, 11) is 0. The molecule has 2 N–H and O–H groups in total. The van der Waals surface area contributed by atoms with Crippen LogP contribution in [0.5, 0.6) is 5.75 Å². The van der Waals surface area contributed by atoms with Crippen molar-refractivity contribution in [2.45, 2.75) is 33.8 Å². The van der Waals surface area contributed by atoms with Crippen LogP contribution in [-0.2, 0) is 4.79 Å². The van der Waals surface area contributed by atoms with Crippen LogP contribution in [-0.4, -0.2) is 32.9 Å². The van der Waals surface area contributed by atoms with E-state index in [9.17, 15) is 9.59 Å². The lowest BCUT2D eigenvalue weighted by Crippen LogP contribution is -2.15. The molecule has 0 aliphatic carbocycles. The summed E-state index contributed by atoms with van der Waals surface area (Å²) in [6, 6.07) is 12.2. The minimum atomic E-state index is -0.437. The molecule has 0 fully saturated rings. The molecule has 3 rings (SSSR count). The Balaban J connectivity index is 1.77. The van der Waals surface area contributed by atoms with Gasteiger partial charge in [-0.2, -0.15) is 0 Å². The van der Waals surface area contributed by atoms with Crippen LogP contribution in [0, 0.1) is 6.92 Å². The molecule has 9 heteroatoms. The SMILES string of the molecule is CC(=O)Nc1ccc(NC(=O)c2nnn(-c3ccc(OC(C)C)cc3)c2C)c(Cl)c1. The monoisotopic (exact) mass is 427 g/mol. The first-order chi connectivity index (χ1) is 14.2. The Hall–Kier alpha value is -3.39. The van der Waals surface area contributed by atoms with Crippen molar-refractivity contribution < 1.29 is 14.3 Å². The zero-order chi connectivity index (χ0) is 21.8. The van der Waals surface area contributed by atoms with Gasteiger partial charge >= 0.3 is 0 Å². The normalized spacial score (nSPS) is 10.7. The number of anilines is 2. The third kappa shape index (κ3) is 4.96. The van der Waals surface area contributed by atoms with Crippen molar-refractivity contribution in [1.82, 2.24) is 15.0 Å². The lowest BCUT2D eigenvalue weighted by molar-refractivity contribution is -0.114. The molecule has 2 aromatic carbocycles. The van der Waals surface area contributed by atoms with Crippen LogP contribution in [0.25, 0.3) is 5.69 Å². The number of amides is 2. The van der Waals surface area contributed by atoms with Gasteiger partial charge in [0.1, 0.15) is 5.75 Å². The van der Waals surface area contributed by atoms with Crippen LogP contribution in [0.4, 0.5) is 11.4 Å². The summed E-state index contributed by atoms with van der Waals surface area (Å²) in [4.78, 5) is 23.8. The van der Waals surface area contributed by atoms with E-state index in [2.05, 4.69) is 20.9 Å². The molecule has 1 heterocycles. The van der Waals surface area contributed by atoms with Crippen molar-refractivity contribution >= 4 is 34.8 Å².